The van der Waals surface area contributed by atoms with E-state index in [0.717, 1.165) is 30.3 Å². The molecule has 2 rings (SSSR count). The number of hydrogen-bond acceptors (Lipinski definition) is 4. The topological polar surface area (TPSA) is 68.3 Å². The van der Waals surface area contributed by atoms with Gasteiger partial charge in [-0.05, 0) is 61.2 Å². The van der Waals surface area contributed by atoms with Gasteiger partial charge in [-0.2, -0.15) is 0 Å². The Labute approximate surface area is 134 Å². The van der Waals surface area contributed by atoms with Crippen LogP contribution in [-0.2, 0) is 10.0 Å². The molecule has 21 heavy (non-hydrogen) atoms. The first-order valence-electron chi connectivity index (χ1n) is 7.18. The van der Waals surface area contributed by atoms with Crippen LogP contribution in [0.3, 0.4) is 0 Å². The van der Waals surface area contributed by atoms with Gasteiger partial charge < -0.3 is 4.74 Å². The van der Waals surface area contributed by atoms with E-state index in [9.17, 15) is 8.42 Å². The zero-order valence-corrected chi connectivity index (χ0v) is 14.7. The minimum atomic E-state index is -3.28. The highest BCUT2D eigenvalue weighted by molar-refractivity contribution is 9.10. The van der Waals surface area contributed by atoms with E-state index in [-0.39, 0.29) is 12.1 Å². The van der Waals surface area contributed by atoms with E-state index in [1.165, 1.54) is 0 Å². The molecular weight excluding hydrogens is 356 g/mol. The van der Waals surface area contributed by atoms with Crippen LogP contribution in [0.25, 0.3) is 0 Å². The van der Waals surface area contributed by atoms with Crippen molar-refractivity contribution in [1.82, 2.24) is 9.71 Å². The van der Waals surface area contributed by atoms with Crippen molar-refractivity contribution in [2.24, 2.45) is 0 Å². The minimum Gasteiger partial charge on any atom is -0.487 e. The molecule has 0 spiro atoms. The van der Waals surface area contributed by atoms with Crippen molar-refractivity contribution in [3.8, 4) is 5.75 Å². The van der Waals surface area contributed by atoms with Crippen LogP contribution < -0.4 is 9.46 Å². The third-order valence-electron chi connectivity index (χ3n) is 3.63. The van der Waals surface area contributed by atoms with E-state index >= 15 is 0 Å². The normalized spacial score (nSPS) is 23.2. The van der Waals surface area contributed by atoms with Gasteiger partial charge in [0.1, 0.15) is 16.5 Å². The highest BCUT2D eigenvalue weighted by Crippen LogP contribution is 2.25. The molecule has 1 fully saturated rings. The molecule has 7 heteroatoms. The SMILES string of the molecule is CC(C)S(=O)(=O)N[C@@H]1CCCC[C@@H]1Oc1ccc(Br)nc1. The van der Waals surface area contributed by atoms with Crippen molar-refractivity contribution >= 4 is 26.0 Å². The van der Waals surface area contributed by atoms with Crippen LogP contribution >= 0.6 is 15.9 Å². The molecule has 0 bridgehead atoms. The Morgan fingerprint density at radius 3 is 2.67 bits per heavy atom. The number of hydrogen-bond donors (Lipinski definition) is 1. The van der Waals surface area contributed by atoms with Gasteiger partial charge in [0.2, 0.25) is 10.0 Å². The standard InChI is InChI=1S/C14H21BrN2O3S/c1-10(2)21(18,19)17-12-5-3-4-6-13(12)20-11-7-8-14(15)16-9-11/h7-10,12-13,17H,3-6H2,1-2H3/t12-,13+/m1/s1. The molecule has 0 radical (unpaired) electrons. The highest BCUT2D eigenvalue weighted by Gasteiger charge is 2.31. The number of nitrogens with zero attached hydrogens (tertiary/aromatic N) is 1. The number of pyridine rings is 1. The Morgan fingerprint density at radius 2 is 2.05 bits per heavy atom. The number of sulfonamides is 1. The Balaban J connectivity index is 2.07. The maximum Gasteiger partial charge on any atom is 0.214 e. The molecule has 5 nitrogen and oxygen atoms in total. The molecule has 1 aromatic rings. The minimum absolute atomic E-state index is 0.143. The van der Waals surface area contributed by atoms with Crippen molar-refractivity contribution in [2.45, 2.75) is 56.9 Å². The van der Waals surface area contributed by atoms with Gasteiger partial charge in [0, 0.05) is 0 Å². The number of nitrogens with one attached hydrogen (secondary N) is 1. The molecule has 0 amide bonds. The van der Waals surface area contributed by atoms with Gasteiger partial charge in [0.25, 0.3) is 0 Å². The van der Waals surface area contributed by atoms with Crippen LogP contribution in [0.5, 0.6) is 5.75 Å². The van der Waals surface area contributed by atoms with Gasteiger partial charge in [0.05, 0.1) is 17.5 Å². The van der Waals surface area contributed by atoms with Crippen molar-refractivity contribution < 1.29 is 13.2 Å². The summed E-state index contributed by atoms with van der Waals surface area (Å²) in [6.07, 6.45) is 5.22. The predicted molar refractivity (Wildman–Crippen MR) is 85.8 cm³/mol. The smallest absolute Gasteiger partial charge is 0.214 e. The van der Waals surface area contributed by atoms with E-state index in [4.69, 9.17) is 4.74 Å². The van der Waals surface area contributed by atoms with Crippen LogP contribution in [-0.4, -0.2) is 30.8 Å². The summed E-state index contributed by atoms with van der Waals surface area (Å²) in [7, 11) is -3.28. The van der Waals surface area contributed by atoms with Crippen LogP contribution in [0.1, 0.15) is 39.5 Å². The largest absolute Gasteiger partial charge is 0.487 e. The van der Waals surface area contributed by atoms with Gasteiger partial charge in [0.15, 0.2) is 0 Å². The molecule has 0 aliphatic heterocycles. The molecule has 1 saturated carbocycles. The van der Waals surface area contributed by atoms with Crippen LogP contribution in [0.4, 0.5) is 0 Å². The summed E-state index contributed by atoms with van der Waals surface area (Å²) in [6, 6.07) is 3.47. The number of rotatable bonds is 5. The molecule has 118 valence electrons. The second-order valence-corrected chi connectivity index (χ2v) is 8.66. The van der Waals surface area contributed by atoms with E-state index in [1.54, 1.807) is 20.0 Å². The summed E-state index contributed by atoms with van der Waals surface area (Å²) in [5.41, 5.74) is 0. The predicted octanol–water partition coefficient (Wildman–Crippen LogP) is 2.86. The van der Waals surface area contributed by atoms with Crippen molar-refractivity contribution in [3.05, 3.63) is 22.9 Å². The van der Waals surface area contributed by atoms with Gasteiger partial charge in [-0.3, -0.25) is 0 Å². The van der Waals surface area contributed by atoms with Crippen LogP contribution in [0, 0.1) is 0 Å². The molecule has 0 aromatic carbocycles. The maximum absolute atomic E-state index is 12.1. The molecule has 1 aromatic heterocycles. The van der Waals surface area contributed by atoms with Gasteiger partial charge in [-0.1, -0.05) is 6.42 Å². The lowest BCUT2D eigenvalue weighted by Gasteiger charge is -2.32. The zero-order valence-electron chi connectivity index (χ0n) is 12.3. The summed E-state index contributed by atoms with van der Waals surface area (Å²) < 4.78 is 33.6. The molecule has 0 unspecified atom stereocenters. The summed E-state index contributed by atoms with van der Waals surface area (Å²) in [5, 5.41) is -0.436. The first kappa shape index (κ1) is 16.7. The van der Waals surface area contributed by atoms with Gasteiger partial charge >= 0.3 is 0 Å². The van der Waals surface area contributed by atoms with E-state index < -0.39 is 15.3 Å². The van der Waals surface area contributed by atoms with Crippen molar-refractivity contribution in [3.63, 3.8) is 0 Å². The molecule has 0 saturated heterocycles. The number of aromatic nitrogens is 1. The second-order valence-electron chi connectivity index (χ2n) is 5.58. The Hall–Kier alpha value is -0.660. The third-order valence-corrected chi connectivity index (χ3v) is 5.97. The monoisotopic (exact) mass is 376 g/mol. The fourth-order valence-electron chi connectivity index (χ4n) is 2.33. The molecule has 2 atom stereocenters. The molecule has 1 aliphatic carbocycles. The van der Waals surface area contributed by atoms with Gasteiger partial charge in [-0.15, -0.1) is 0 Å². The summed E-state index contributed by atoms with van der Waals surface area (Å²) >= 11 is 3.28. The Morgan fingerprint density at radius 1 is 1.33 bits per heavy atom. The Bertz CT molecular complexity index is 560. The van der Waals surface area contributed by atoms with Crippen molar-refractivity contribution in [2.75, 3.05) is 0 Å². The fraction of sp³-hybridized carbons (Fsp3) is 0.643. The van der Waals surface area contributed by atoms with Gasteiger partial charge in [-0.25, -0.2) is 18.1 Å². The molecule has 1 N–H and O–H groups in total. The fourth-order valence-corrected chi connectivity index (χ4v) is 3.52. The van der Waals surface area contributed by atoms with E-state index in [0.29, 0.717) is 5.75 Å². The lowest BCUT2D eigenvalue weighted by molar-refractivity contribution is 0.124. The average molecular weight is 377 g/mol. The highest BCUT2D eigenvalue weighted by atomic mass is 79.9. The summed E-state index contributed by atoms with van der Waals surface area (Å²) in [5.74, 6) is 0.666. The Kier molecular flexibility index (Phi) is 5.62. The summed E-state index contributed by atoms with van der Waals surface area (Å²) in [6.45, 7) is 3.36. The first-order valence-corrected chi connectivity index (χ1v) is 9.52. The number of halogens is 1. The maximum atomic E-state index is 12.1. The van der Waals surface area contributed by atoms with Crippen molar-refractivity contribution in [1.29, 1.82) is 0 Å². The van der Waals surface area contributed by atoms with E-state index in [2.05, 4.69) is 25.6 Å². The quantitative estimate of drug-likeness (QED) is 0.802. The lowest BCUT2D eigenvalue weighted by atomic mass is 9.93. The zero-order chi connectivity index (χ0) is 15.5. The molecule has 1 heterocycles. The molecular formula is C14H21BrN2O3S. The van der Waals surface area contributed by atoms with Crippen LogP contribution in [0.2, 0.25) is 0 Å². The van der Waals surface area contributed by atoms with E-state index in [1.807, 2.05) is 12.1 Å². The molecule has 1 aliphatic rings. The number of ether oxygens (including phenoxy) is 1. The lowest BCUT2D eigenvalue weighted by Crippen LogP contribution is -2.49. The summed E-state index contributed by atoms with van der Waals surface area (Å²) in [4.78, 5) is 4.13. The second kappa shape index (κ2) is 7.07. The third kappa shape index (κ3) is 4.66. The average Bonchev–Trinajstić information content (AvgIpc) is 2.43. The first-order chi connectivity index (χ1) is 9.88. The van der Waals surface area contributed by atoms with Crippen LogP contribution in [0.15, 0.2) is 22.9 Å².